The zero-order chi connectivity index (χ0) is 29.4. The molecule has 0 saturated carbocycles. The molecule has 216 valence electrons. The van der Waals surface area contributed by atoms with E-state index in [1.54, 1.807) is 22.2 Å². The van der Waals surface area contributed by atoms with Crippen molar-refractivity contribution in [2.45, 2.75) is 71.1 Å². The van der Waals surface area contributed by atoms with Crippen molar-refractivity contribution in [1.29, 1.82) is 5.26 Å². The van der Waals surface area contributed by atoms with E-state index < -0.39 is 15.6 Å². The lowest BCUT2D eigenvalue weighted by atomic mass is 9.92. The van der Waals surface area contributed by atoms with Crippen molar-refractivity contribution in [3.05, 3.63) is 71.3 Å². The fraction of sp³-hybridized carbons (Fsp3) is 0.438. The molecule has 2 heterocycles. The normalized spacial score (nSPS) is 18.1. The molecule has 1 atom stereocenters. The van der Waals surface area contributed by atoms with Crippen LogP contribution in [-0.2, 0) is 21.2 Å². The number of hydrogen-bond donors (Lipinski definition) is 0. The average Bonchev–Trinajstić information content (AvgIpc) is 2.95. The van der Waals surface area contributed by atoms with Gasteiger partial charge in [-0.2, -0.15) is 5.26 Å². The van der Waals surface area contributed by atoms with Crippen LogP contribution in [0.25, 0.3) is 10.8 Å². The number of carbonyl (C=O) groups is 1. The van der Waals surface area contributed by atoms with Gasteiger partial charge in [-0.15, -0.1) is 0 Å². The highest BCUT2D eigenvalue weighted by atomic mass is 32.2. The first-order valence-corrected chi connectivity index (χ1v) is 15.8. The highest BCUT2D eigenvalue weighted by molar-refractivity contribution is 7.92. The van der Waals surface area contributed by atoms with E-state index >= 15 is 0 Å². The number of hydrogen-bond acceptors (Lipinski definition) is 6. The van der Waals surface area contributed by atoms with Crippen LogP contribution in [0.4, 0.5) is 10.5 Å². The molecular weight excluding hydrogens is 538 g/mol. The fourth-order valence-corrected chi connectivity index (χ4v) is 7.00. The summed E-state index contributed by atoms with van der Waals surface area (Å²) in [5.41, 5.74) is 2.58. The predicted octanol–water partition coefficient (Wildman–Crippen LogP) is 6.33. The van der Waals surface area contributed by atoms with E-state index in [-0.39, 0.29) is 24.0 Å². The maximum Gasteiger partial charge on any atom is 0.410 e. The van der Waals surface area contributed by atoms with Crippen molar-refractivity contribution < 1.29 is 22.7 Å². The van der Waals surface area contributed by atoms with Gasteiger partial charge >= 0.3 is 6.09 Å². The second kappa shape index (κ2) is 11.2. The van der Waals surface area contributed by atoms with Gasteiger partial charge in [-0.05, 0) is 98.8 Å². The molecule has 5 rings (SSSR count). The summed E-state index contributed by atoms with van der Waals surface area (Å²) < 4.78 is 40.3. The molecule has 0 radical (unpaired) electrons. The number of piperidine rings is 1. The number of anilines is 1. The molecule has 1 unspecified atom stereocenters. The average molecular weight is 576 g/mol. The number of ether oxygens (including phenoxy) is 2. The number of rotatable bonds is 5. The summed E-state index contributed by atoms with van der Waals surface area (Å²) in [5.74, 6) is 0.699. The maximum absolute atomic E-state index is 13.4. The Morgan fingerprint density at radius 2 is 1.73 bits per heavy atom. The van der Waals surface area contributed by atoms with Crippen LogP contribution in [0.3, 0.4) is 0 Å². The van der Waals surface area contributed by atoms with Gasteiger partial charge in [0.15, 0.2) is 0 Å². The molecule has 0 spiro atoms. The third kappa shape index (κ3) is 6.28. The van der Waals surface area contributed by atoms with Crippen molar-refractivity contribution >= 4 is 32.6 Å². The third-order valence-electron chi connectivity index (χ3n) is 7.70. The molecule has 1 amide bonds. The predicted molar refractivity (Wildman–Crippen MR) is 160 cm³/mol. The van der Waals surface area contributed by atoms with Gasteiger partial charge in [-0.1, -0.05) is 18.2 Å². The number of fused-ring (bicyclic) bond motifs is 2. The molecule has 2 aliphatic rings. The minimum atomic E-state index is -3.57. The Bertz CT molecular complexity index is 1600. The second-order valence-corrected chi connectivity index (χ2v) is 13.9. The Morgan fingerprint density at radius 1 is 1.00 bits per heavy atom. The molecule has 1 saturated heterocycles. The zero-order valence-electron chi connectivity index (χ0n) is 24.1. The Labute approximate surface area is 242 Å². The van der Waals surface area contributed by atoms with Crippen molar-refractivity contribution in [3.8, 4) is 11.8 Å². The number of carbonyl (C=O) groups excluding carboxylic acids is 1. The smallest absolute Gasteiger partial charge is 0.410 e. The van der Waals surface area contributed by atoms with Gasteiger partial charge in [0, 0.05) is 25.9 Å². The number of aryl methyl sites for hydroxylation is 1. The Morgan fingerprint density at radius 3 is 2.41 bits per heavy atom. The number of amides is 1. The molecule has 0 aromatic heterocycles. The van der Waals surface area contributed by atoms with Gasteiger partial charge < -0.3 is 14.4 Å². The molecule has 3 aromatic rings. The first kappa shape index (κ1) is 28.7. The number of benzene rings is 3. The summed E-state index contributed by atoms with van der Waals surface area (Å²) in [4.78, 5) is 14.1. The van der Waals surface area contributed by atoms with E-state index in [2.05, 4.69) is 6.07 Å². The summed E-state index contributed by atoms with van der Waals surface area (Å²) >= 11 is 0. The summed E-state index contributed by atoms with van der Waals surface area (Å²) in [6.45, 7) is 8.38. The van der Waals surface area contributed by atoms with Crippen LogP contribution in [0.15, 0.2) is 54.6 Å². The van der Waals surface area contributed by atoms with Gasteiger partial charge in [0.25, 0.3) is 0 Å². The molecule has 0 aliphatic carbocycles. The molecule has 3 aromatic carbocycles. The molecule has 41 heavy (non-hydrogen) atoms. The van der Waals surface area contributed by atoms with Crippen LogP contribution in [-0.4, -0.2) is 50.0 Å². The number of likely N-dealkylation sites (tertiary alicyclic amines) is 1. The third-order valence-corrected chi connectivity index (χ3v) is 9.48. The van der Waals surface area contributed by atoms with Crippen molar-refractivity contribution in [3.63, 3.8) is 0 Å². The topological polar surface area (TPSA) is 99.9 Å². The SMILES string of the molecule is CCS(=O)(=O)N1c2ccc(OC3CCN(C(=O)OC(C)(C)C)CC3)cc2CCC1c1ccc2ccc(C#N)cc2c1. The summed E-state index contributed by atoms with van der Waals surface area (Å²) in [6, 6.07) is 19.0. The molecule has 9 heteroatoms. The Hall–Kier alpha value is -3.77. The minimum absolute atomic E-state index is 0.0103. The summed E-state index contributed by atoms with van der Waals surface area (Å²) in [7, 11) is -3.57. The number of sulfonamides is 1. The van der Waals surface area contributed by atoms with Crippen molar-refractivity contribution in [2.24, 2.45) is 0 Å². The van der Waals surface area contributed by atoms with Crippen LogP contribution >= 0.6 is 0 Å². The molecule has 8 nitrogen and oxygen atoms in total. The van der Waals surface area contributed by atoms with E-state index in [1.807, 2.05) is 69.3 Å². The quantitative estimate of drug-likeness (QED) is 0.352. The maximum atomic E-state index is 13.4. The highest BCUT2D eigenvalue weighted by Crippen LogP contribution is 2.43. The summed E-state index contributed by atoms with van der Waals surface area (Å²) in [5, 5.41) is 11.3. The summed E-state index contributed by atoms with van der Waals surface area (Å²) in [6.07, 6.45) is 2.41. The molecular formula is C32H37N3O5S. The monoisotopic (exact) mass is 575 g/mol. The molecule has 0 bridgehead atoms. The van der Waals surface area contributed by atoms with Crippen LogP contribution in [0.2, 0.25) is 0 Å². The lowest BCUT2D eigenvalue weighted by Crippen LogP contribution is -2.44. The lowest BCUT2D eigenvalue weighted by molar-refractivity contribution is 0.0126. The standard InChI is InChI=1S/C32H37N3O5S/c1-5-41(37,38)35-29(24-9-8-23-7-6-22(21-33)18-26(23)19-24)12-10-25-20-28(11-13-30(25)35)39-27-14-16-34(17-15-27)31(36)40-32(2,3)4/h6-9,11,13,18-20,27,29H,5,10,12,14-17H2,1-4H3. The Balaban J connectivity index is 1.35. The second-order valence-electron chi connectivity index (χ2n) is 11.8. The number of nitrogens with zero attached hydrogens (tertiary/aromatic N) is 3. The number of nitriles is 1. The van der Waals surface area contributed by atoms with E-state index in [9.17, 15) is 18.5 Å². The van der Waals surface area contributed by atoms with Crippen LogP contribution < -0.4 is 9.04 Å². The van der Waals surface area contributed by atoms with Crippen molar-refractivity contribution in [2.75, 3.05) is 23.1 Å². The zero-order valence-corrected chi connectivity index (χ0v) is 24.9. The van der Waals surface area contributed by atoms with Gasteiger partial charge in [-0.25, -0.2) is 13.2 Å². The first-order valence-electron chi connectivity index (χ1n) is 14.2. The van der Waals surface area contributed by atoms with Crippen LogP contribution in [0, 0.1) is 11.3 Å². The van der Waals surface area contributed by atoms with E-state index in [4.69, 9.17) is 9.47 Å². The first-order chi connectivity index (χ1) is 19.5. The van der Waals surface area contributed by atoms with Gasteiger partial charge in [-0.3, -0.25) is 4.31 Å². The van der Waals surface area contributed by atoms with Crippen molar-refractivity contribution in [1.82, 2.24) is 4.90 Å². The highest BCUT2D eigenvalue weighted by Gasteiger charge is 2.35. The van der Waals surface area contributed by atoms with Gasteiger partial charge in [0.05, 0.1) is 29.1 Å². The van der Waals surface area contributed by atoms with Gasteiger partial charge in [0.1, 0.15) is 17.5 Å². The molecule has 2 aliphatic heterocycles. The lowest BCUT2D eigenvalue weighted by Gasteiger charge is -2.38. The van der Waals surface area contributed by atoms with Gasteiger partial charge in [0.2, 0.25) is 10.0 Å². The Kier molecular flexibility index (Phi) is 7.89. The van der Waals surface area contributed by atoms with E-state index in [1.165, 1.54) is 0 Å². The van der Waals surface area contributed by atoms with E-state index in [0.717, 1.165) is 21.9 Å². The minimum Gasteiger partial charge on any atom is -0.490 e. The van der Waals surface area contributed by atoms with Crippen LogP contribution in [0.5, 0.6) is 5.75 Å². The van der Waals surface area contributed by atoms with E-state index in [0.29, 0.717) is 55.8 Å². The van der Waals surface area contributed by atoms with Crippen LogP contribution in [0.1, 0.15) is 69.7 Å². The molecule has 0 N–H and O–H groups in total. The molecule has 1 fully saturated rings. The fourth-order valence-electron chi connectivity index (χ4n) is 5.63. The largest absolute Gasteiger partial charge is 0.490 e.